The number of rotatable bonds is 5. The summed E-state index contributed by atoms with van der Waals surface area (Å²) < 4.78 is 1.13. The number of aromatic amines is 1. The molecular weight excluding hydrogens is 410 g/mol. The summed E-state index contributed by atoms with van der Waals surface area (Å²) in [5.74, 6) is -0.605. The molecule has 0 fully saturated rings. The normalized spacial score (nSPS) is 15.2. The molecule has 1 aromatic carbocycles. The Kier molecular flexibility index (Phi) is 5.10. The van der Waals surface area contributed by atoms with E-state index in [1.165, 1.54) is 6.33 Å². The summed E-state index contributed by atoms with van der Waals surface area (Å²) in [4.78, 5) is 28.3. The maximum absolute atomic E-state index is 12.7. The Labute approximate surface area is 175 Å². The number of hydrogen-bond acceptors (Lipinski definition) is 6. The number of nitrogens with one attached hydrogen (secondary N) is 3. The Morgan fingerprint density at radius 2 is 2.20 bits per heavy atom. The quantitative estimate of drug-likeness (QED) is 0.457. The highest BCUT2D eigenvalue weighted by molar-refractivity contribution is 6.36. The van der Waals surface area contributed by atoms with Crippen LogP contribution < -0.4 is 10.6 Å². The van der Waals surface area contributed by atoms with Crippen LogP contribution in [0.25, 0.3) is 11.6 Å². The third-order valence-electron chi connectivity index (χ3n) is 4.87. The van der Waals surface area contributed by atoms with Gasteiger partial charge in [0.2, 0.25) is 0 Å². The van der Waals surface area contributed by atoms with Crippen molar-refractivity contribution in [3.8, 4) is 0 Å². The van der Waals surface area contributed by atoms with Crippen molar-refractivity contribution in [1.29, 1.82) is 0 Å². The zero-order chi connectivity index (χ0) is 21.4. The van der Waals surface area contributed by atoms with E-state index >= 15 is 0 Å². The van der Waals surface area contributed by atoms with E-state index in [0.29, 0.717) is 44.4 Å². The topological polar surface area (TPSA) is 138 Å². The minimum absolute atomic E-state index is 0.0708. The molecule has 4 N–H and O–H groups in total. The lowest BCUT2D eigenvalue weighted by atomic mass is 10.0. The van der Waals surface area contributed by atoms with Crippen molar-refractivity contribution in [3.63, 3.8) is 0 Å². The van der Waals surface area contributed by atoms with Gasteiger partial charge in [0, 0.05) is 27.7 Å². The van der Waals surface area contributed by atoms with Crippen LogP contribution in [0.15, 0.2) is 24.5 Å². The van der Waals surface area contributed by atoms with E-state index < -0.39 is 6.23 Å². The summed E-state index contributed by atoms with van der Waals surface area (Å²) in [5.41, 5.74) is 4.24. The first-order valence-corrected chi connectivity index (χ1v) is 9.44. The predicted octanol–water partition coefficient (Wildman–Crippen LogP) is 1.69. The highest BCUT2D eigenvalue weighted by atomic mass is 35.5. The van der Waals surface area contributed by atoms with Gasteiger partial charge in [-0.05, 0) is 54.1 Å². The highest BCUT2D eigenvalue weighted by Gasteiger charge is 2.26. The van der Waals surface area contributed by atoms with Gasteiger partial charge < -0.3 is 20.7 Å². The average Bonchev–Trinajstić information content (AvgIpc) is 3.40. The second-order valence-corrected chi connectivity index (χ2v) is 7.28. The molecule has 1 aliphatic rings. The van der Waals surface area contributed by atoms with E-state index in [-0.39, 0.29) is 18.4 Å². The van der Waals surface area contributed by atoms with Crippen LogP contribution in [0.2, 0.25) is 5.02 Å². The number of carbonyl (C=O) groups is 2. The van der Waals surface area contributed by atoms with Crippen molar-refractivity contribution < 1.29 is 14.7 Å². The minimum Gasteiger partial charge on any atom is -0.370 e. The zero-order valence-electron chi connectivity index (χ0n) is 16.1. The van der Waals surface area contributed by atoms with Crippen molar-refractivity contribution in [2.45, 2.75) is 20.1 Å². The van der Waals surface area contributed by atoms with Crippen molar-refractivity contribution in [3.05, 3.63) is 57.6 Å². The molecule has 0 aliphatic carbocycles. The molecule has 1 unspecified atom stereocenters. The van der Waals surface area contributed by atoms with Gasteiger partial charge in [0.15, 0.2) is 6.23 Å². The third kappa shape index (κ3) is 3.58. The van der Waals surface area contributed by atoms with Crippen molar-refractivity contribution >= 4 is 40.8 Å². The van der Waals surface area contributed by atoms with E-state index in [9.17, 15) is 14.7 Å². The number of aryl methyl sites for hydroxylation is 1. The number of aliphatic hydroxyl groups is 1. The summed E-state index contributed by atoms with van der Waals surface area (Å²) in [5, 5.41) is 26.5. The number of H-pyrrole nitrogens is 1. The molecule has 30 heavy (non-hydrogen) atoms. The molecule has 1 atom stereocenters. The van der Waals surface area contributed by atoms with Crippen LogP contribution in [0.5, 0.6) is 0 Å². The van der Waals surface area contributed by atoms with Gasteiger partial charge >= 0.3 is 0 Å². The van der Waals surface area contributed by atoms with Crippen LogP contribution in [-0.2, 0) is 4.79 Å². The molecule has 11 heteroatoms. The number of amides is 2. The molecular formula is C19H18ClN7O3. The van der Waals surface area contributed by atoms with Gasteiger partial charge in [-0.2, -0.15) is 0 Å². The summed E-state index contributed by atoms with van der Waals surface area (Å²) in [6.45, 7) is 3.48. The summed E-state index contributed by atoms with van der Waals surface area (Å²) >= 11 is 6.08. The number of nitrogens with zero attached hydrogens (tertiary/aromatic N) is 4. The molecule has 0 spiro atoms. The lowest BCUT2D eigenvalue weighted by molar-refractivity contribution is -0.110. The molecule has 0 saturated heterocycles. The Hall–Kier alpha value is -3.50. The van der Waals surface area contributed by atoms with Gasteiger partial charge in [-0.25, -0.2) is 4.68 Å². The Morgan fingerprint density at radius 3 is 2.93 bits per heavy atom. The number of halogens is 1. The Balaban J connectivity index is 1.58. The third-order valence-corrected chi connectivity index (χ3v) is 5.11. The molecule has 3 heterocycles. The van der Waals surface area contributed by atoms with Crippen LogP contribution in [0.1, 0.15) is 39.1 Å². The van der Waals surface area contributed by atoms with Crippen LogP contribution >= 0.6 is 11.6 Å². The first kappa shape index (κ1) is 19.8. The number of hydrogen-bond donors (Lipinski definition) is 4. The standard InChI is InChI=1S/C19H18ClN7O3/c1-9-15(6-13-12-5-11(20)3-4-14(12)24-18(13)29)23-10(2)17(9)19(30)21-7-16(28)27-8-22-25-26-27/h3-6,8,16,23,28H,7H2,1-2H3,(H,21,30)(H,24,29). The highest BCUT2D eigenvalue weighted by Crippen LogP contribution is 2.35. The SMILES string of the molecule is Cc1[nH]c(C=C2C(=O)Nc3ccc(Cl)cc32)c(C)c1C(=O)NCC(O)n1cnnn1. The van der Waals surface area contributed by atoms with E-state index in [0.717, 1.165) is 4.68 Å². The van der Waals surface area contributed by atoms with Crippen LogP contribution in [0.3, 0.4) is 0 Å². The largest absolute Gasteiger partial charge is 0.370 e. The van der Waals surface area contributed by atoms with Gasteiger partial charge in [-0.1, -0.05) is 11.6 Å². The van der Waals surface area contributed by atoms with E-state index in [4.69, 9.17) is 11.6 Å². The second kappa shape index (κ2) is 7.73. The van der Waals surface area contributed by atoms with Crippen LogP contribution in [-0.4, -0.2) is 48.7 Å². The number of aliphatic hydroxyl groups excluding tert-OH is 1. The molecule has 0 radical (unpaired) electrons. The predicted molar refractivity (Wildman–Crippen MR) is 110 cm³/mol. The summed E-state index contributed by atoms with van der Waals surface area (Å²) in [7, 11) is 0. The number of fused-ring (bicyclic) bond motifs is 1. The second-order valence-electron chi connectivity index (χ2n) is 6.85. The van der Waals surface area contributed by atoms with E-state index in [1.54, 1.807) is 38.1 Å². The zero-order valence-corrected chi connectivity index (χ0v) is 16.9. The number of anilines is 1. The molecule has 4 rings (SSSR count). The molecule has 2 amide bonds. The number of aromatic nitrogens is 5. The number of carbonyl (C=O) groups excluding carboxylic acids is 2. The van der Waals surface area contributed by atoms with Gasteiger partial charge in [0.1, 0.15) is 6.33 Å². The molecule has 2 aromatic heterocycles. The Morgan fingerprint density at radius 1 is 1.40 bits per heavy atom. The lowest BCUT2D eigenvalue weighted by Gasteiger charge is -2.11. The van der Waals surface area contributed by atoms with Crippen molar-refractivity contribution in [2.75, 3.05) is 11.9 Å². The molecule has 154 valence electrons. The van der Waals surface area contributed by atoms with Crippen molar-refractivity contribution in [1.82, 2.24) is 30.5 Å². The first-order valence-electron chi connectivity index (χ1n) is 9.06. The van der Waals surface area contributed by atoms with Gasteiger partial charge in [-0.15, -0.1) is 5.10 Å². The molecule has 1 aliphatic heterocycles. The van der Waals surface area contributed by atoms with Crippen LogP contribution in [0.4, 0.5) is 5.69 Å². The molecule has 10 nitrogen and oxygen atoms in total. The maximum Gasteiger partial charge on any atom is 0.256 e. The summed E-state index contributed by atoms with van der Waals surface area (Å²) in [6, 6.07) is 5.18. The first-order chi connectivity index (χ1) is 14.3. The molecule has 3 aromatic rings. The fourth-order valence-corrected chi connectivity index (χ4v) is 3.55. The fraction of sp³-hybridized carbons (Fsp3) is 0.211. The van der Waals surface area contributed by atoms with Gasteiger partial charge in [-0.3, -0.25) is 9.59 Å². The van der Waals surface area contributed by atoms with Gasteiger partial charge in [0.25, 0.3) is 11.8 Å². The minimum atomic E-state index is -1.09. The maximum atomic E-state index is 12.7. The summed E-state index contributed by atoms with van der Waals surface area (Å²) in [6.07, 6.45) is 1.87. The lowest BCUT2D eigenvalue weighted by Crippen LogP contribution is -2.31. The van der Waals surface area contributed by atoms with Crippen molar-refractivity contribution in [2.24, 2.45) is 0 Å². The molecule has 0 saturated carbocycles. The fourth-order valence-electron chi connectivity index (χ4n) is 3.38. The van der Waals surface area contributed by atoms with Gasteiger partial charge in [0.05, 0.1) is 17.7 Å². The van der Waals surface area contributed by atoms with E-state index in [1.807, 2.05) is 0 Å². The molecule has 0 bridgehead atoms. The number of benzene rings is 1. The average molecular weight is 428 g/mol. The smallest absolute Gasteiger partial charge is 0.256 e. The Bertz CT molecular complexity index is 1170. The monoisotopic (exact) mass is 427 g/mol. The van der Waals surface area contributed by atoms with E-state index in [2.05, 4.69) is 31.1 Å². The van der Waals surface area contributed by atoms with Crippen LogP contribution in [0, 0.1) is 13.8 Å². The number of tetrazole rings is 1.